The second-order valence-electron chi connectivity index (χ2n) is 10.7. The molecule has 0 heterocycles. The van der Waals surface area contributed by atoms with Crippen LogP contribution in [0.25, 0.3) is 0 Å². The Morgan fingerprint density at radius 1 is 0.926 bits per heavy atom. The molecule has 3 nitrogen and oxygen atoms in total. The van der Waals surface area contributed by atoms with Crippen LogP contribution in [0.1, 0.15) is 81.2 Å². The van der Waals surface area contributed by atoms with Crippen LogP contribution in [0.5, 0.6) is 0 Å². The highest BCUT2D eigenvalue weighted by Crippen LogP contribution is 2.54. The predicted octanol–water partition coefficient (Wildman–Crippen LogP) is 5.79. The highest BCUT2D eigenvalue weighted by molar-refractivity contribution is 7.85. The van der Waals surface area contributed by atoms with Gasteiger partial charge in [-0.1, -0.05) is 78.8 Å². The summed E-state index contributed by atoms with van der Waals surface area (Å²) in [4.78, 5) is 0. The van der Waals surface area contributed by atoms with Gasteiger partial charge in [0.2, 0.25) is 0 Å². The molecular weight excluding hydrogens is 354 g/mol. The van der Waals surface area contributed by atoms with Crippen LogP contribution in [-0.2, 0) is 11.0 Å². The van der Waals surface area contributed by atoms with E-state index in [4.69, 9.17) is 0 Å². The Hall–Kier alpha value is -1.00. The van der Waals surface area contributed by atoms with Gasteiger partial charge in [-0.15, -0.1) is 0 Å². The Morgan fingerprint density at radius 3 is 1.74 bits per heavy atom. The van der Waals surface area contributed by atoms with Crippen molar-refractivity contribution in [3.63, 3.8) is 0 Å². The van der Waals surface area contributed by atoms with Gasteiger partial charge in [0.15, 0.2) is 0 Å². The molecule has 0 aromatic heterocycles. The maximum Gasteiger partial charge on any atom is 0.145 e. The topological polar surface area (TPSA) is 49.7 Å². The average molecular weight is 394 g/mol. The summed E-state index contributed by atoms with van der Waals surface area (Å²) in [5.74, 6) is 0. The fourth-order valence-electron chi connectivity index (χ4n) is 3.59. The Labute approximate surface area is 169 Å². The SMILES string of the molecule is CC(C)(C)S(=O)/N=C(/C[C@H](O)C(C)(C(C)(C)C)C(C)(C)C)c1ccccc1. The molecule has 0 aliphatic heterocycles. The van der Waals surface area contributed by atoms with E-state index >= 15 is 0 Å². The van der Waals surface area contributed by atoms with Gasteiger partial charge in [0.25, 0.3) is 0 Å². The summed E-state index contributed by atoms with van der Waals surface area (Å²) in [5.41, 5.74) is 1.03. The molecule has 1 rings (SSSR count). The van der Waals surface area contributed by atoms with Gasteiger partial charge >= 0.3 is 0 Å². The normalized spacial score (nSPS) is 16.9. The van der Waals surface area contributed by atoms with Gasteiger partial charge in [-0.2, -0.15) is 4.40 Å². The standard InChI is InChI=1S/C23H39NO2S/c1-20(2,3)23(10,21(4,5)6)19(25)16-18(17-14-12-11-13-15-17)24-27(26)22(7,8)9/h11-15,19,25H,16H2,1-10H3/b24-18-/t19-,27?/m0/s1. The van der Waals surface area contributed by atoms with E-state index in [0.717, 1.165) is 5.56 Å². The lowest BCUT2D eigenvalue weighted by atomic mass is 9.52. The van der Waals surface area contributed by atoms with Crippen molar-refractivity contribution >= 4 is 16.7 Å². The number of benzene rings is 1. The first-order valence-corrected chi connectivity index (χ1v) is 10.9. The van der Waals surface area contributed by atoms with Crippen molar-refractivity contribution in [3.8, 4) is 0 Å². The summed E-state index contributed by atoms with van der Waals surface area (Å²) in [6.45, 7) is 21.0. The number of aliphatic hydroxyl groups is 1. The zero-order chi connectivity index (χ0) is 21.3. The number of hydrogen-bond acceptors (Lipinski definition) is 2. The van der Waals surface area contributed by atoms with Gasteiger partial charge < -0.3 is 5.11 Å². The van der Waals surface area contributed by atoms with E-state index < -0.39 is 21.8 Å². The first kappa shape index (κ1) is 24.0. The smallest absolute Gasteiger partial charge is 0.145 e. The molecule has 0 aliphatic rings. The van der Waals surface area contributed by atoms with Gasteiger partial charge in [-0.25, -0.2) is 4.21 Å². The van der Waals surface area contributed by atoms with Gasteiger partial charge in [0.1, 0.15) is 11.0 Å². The van der Waals surface area contributed by atoms with Gasteiger partial charge in [0.05, 0.1) is 16.6 Å². The summed E-state index contributed by atoms with van der Waals surface area (Å²) in [5, 5.41) is 11.4. The van der Waals surface area contributed by atoms with Crippen LogP contribution in [0, 0.1) is 16.2 Å². The van der Waals surface area contributed by atoms with Crippen LogP contribution in [0.2, 0.25) is 0 Å². The fourth-order valence-corrected chi connectivity index (χ4v) is 4.24. The van der Waals surface area contributed by atoms with Crippen molar-refractivity contribution in [2.75, 3.05) is 0 Å². The van der Waals surface area contributed by atoms with Crippen LogP contribution in [0.15, 0.2) is 34.7 Å². The summed E-state index contributed by atoms with van der Waals surface area (Å²) in [6.07, 6.45) is -0.245. The molecule has 0 radical (unpaired) electrons. The molecule has 0 spiro atoms. The quantitative estimate of drug-likeness (QED) is 0.644. The van der Waals surface area contributed by atoms with Crippen molar-refractivity contribution < 1.29 is 9.32 Å². The highest BCUT2D eigenvalue weighted by atomic mass is 32.2. The van der Waals surface area contributed by atoms with E-state index in [-0.39, 0.29) is 16.2 Å². The Morgan fingerprint density at radius 2 is 1.37 bits per heavy atom. The molecule has 1 N–H and O–H groups in total. The minimum absolute atomic E-state index is 0.115. The van der Waals surface area contributed by atoms with Crippen molar-refractivity contribution in [1.29, 1.82) is 0 Å². The molecular formula is C23H39NO2S. The van der Waals surface area contributed by atoms with Crippen LogP contribution in [-0.4, -0.2) is 25.9 Å². The molecule has 1 unspecified atom stereocenters. The average Bonchev–Trinajstić information content (AvgIpc) is 2.50. The lowest BCUT2D eigenvalue weighted by molar-refractivity contribution is -0.112. The molecule has 1 aromatic carbocycles. The molecule has 0 saturated heterocycles. The minimum Gasteiger partial charge on any atom is -0.392 e. The van der Waals surface area contributed by atoms with Gasteiger partial charge in [0, 0.05) is 11.8 Å². The molecule has 0 aliphatic carbocycles. The molecule has 2 atom stereocenters. The zero-order valence-electron chi connectivity index (χ0n) is 18.9. The maximum absolute atomic E-state index is 12.7. The Kier molecular flexibility index (Phi) is 7.27. The molecule has 0 amide bonds. The van der Waals surface area contributed by atoms with E-state index in [1.54, 1.807) is 0 Å². The zero-order valence-corrected chi connectivity index (χ0v) is 19.7. The van der Waals surface area contributed by atoms with Crippen LogP contribution < -0.4 is 0 Å². The fraction of sp³-hybridized carbons (Fsp3) is 0.696. The van der Waals surface area contributed by atoms with E-state index in [0.29, 0.717) is 12.1 Å². The molecule has 0 fully saturated rings. The van der Waals surface area contributed by atoms with Crippen molar-refractivity contribution in [2.24, 2.45) is 20.6 Å². The first-order valence-electron chi connectivity index (χ1n) is 9.75. The van der Waals surface area contributed by atoms with Gasteiger partial charge in [-0.05, 0) is 37.2 Å². The molecule has 4 heteroatoms. The van der Waals surface area contributed by atoms with Crippen molar-refractivity contribution in [3.05, 3.63) is 35.9 Å². The second-order valence-corrected chi connectivity index (χ2v) is 12.6. The maximum atomic E-state index is 12.7. The second kappa shape index (κ2) is 8.16. The predicted molar refractivity (Wildman–Crippen MR) is 119 cm³/mol. The monoisotopic (exact) mass is 393 g/mol. The summed E-state index contributed by atoms with van der Waals surface area (Å²) >= 11 is 0. The highest BCUT2D eigenvalue weighted by Gasteiger charge is 2.51. The summed E-state index contributed by atoms with van der Waals surface area (Å²) in [7, 11) is -1.38. The third-order valence-electron chi connectivity index (χ3n) is 5.99. The minimum atomic E-state index is -1.38. The lowest BCUT2D eigenvalue weighted by Gasteiger charge is -2.54. The van der Waals surface area contributed by atoms with E-state index in [1.165, 1.54) is 0 Å². The largest absolute Gasteiger partial charge is 0.392 e. The van der Waals surface area contributed by atoms with Crippen molar-refractivity contribution in [1.82, 2.24) is 0 Å². The number of rotatable bonds is 5. The van der Waals surface area contributed by atoms with Crippen LogP contribution in [0.3, 0.4) is 0 Å². The van der Waals surface area contributed by atoms with Crippen LogP contribution in [0.4, 0.5) is 0 Å². The van der Waals surface area contributed by atoms with E-state index in [1.807, 2.05) is 51.1 Å². The van der Waals surface area contributed by atoms with Crippen molar-refractivity contribution in [2.45, 2.75) is 86.5 Å². The molecule has 0 bridgehead atoms. The molecule has 154 valence electrons. The lowest BCUT2D eigenvalue weighted by Crippen LogP contribution is -2.52. The molecule has 1 aromatic rings. The van der Waals surface area contributed by atoms with E-state index in [9.17, 15) is 9.32 Å². The number of aliphatic hydroxyl groups excluding tert-OH is 1. The third kappa shape index (κ3) is 5.51. The number of hydrogen-bond donors (Lipinski definition) is 1. The van der Waals surface area contributed by atoms with Crippen LogP contribution >= 0.6 is 0 Å². The molecule has 0 saturated carbocycles. The Balaban J connectivity index is 3.41. The molecule has 27 heavy (non-hydrogen) atoms. The Bertz CT molecular complexity index is 659. The van der Waals surface area contributed by atoms with E-state index in [2.05, 4.69) is 52.9 Å². The third-order valence-corrected chi connectivity index (χ3v) is 7.43. The summed E-state index contributed by atoms with van der Waals surface area (Å²) in [6, 6.07) is 9.79. The number of nitrogens with zero attached hydrogens (tertiary/aromatic N) is 1. The van der Waals surface area contributed by atoms with Gasteiger partial charge in [-0.3, -0.25) is 0 Å². The summed E-state index contributed by atoms with van der Waals surface area (Å²) < 4.78 is 16.8. The first-order chi connectivity index (χ1) is 12.0.